The van der Waals surface area contributed by atoms with Crippen molar-refractivity contribution in [3.05, 3.63) is 29.0 Å². The second-order valence-corrected chi connectivity index (χ2v) is 3.02. The summed E-state index contributed by atoms with van der Waals surface area (Å²) in [5.41, 5.74) is 0.356. The average molecular weight is 218 g/mol. The fraction of sp³-hybridized carbons (Fsp3) is 0.222. The Bertz CT molecular complexity index is 344. The smallest absolute Gasteiger partial charge is 0.250 e. The number of hydrogen-bond donors (Lipinski definition) is 1. The molecule has 0 saturated heterocycles. The monoisotopic (exact) mass is 217 g/mol. The Labute approximate surface area is 85.8 Å². The number of halogens is 2. The highest BCUT2D eigenvalue weighted by atomic mass is 35.5. The molecule has 14 heavy (non-hydrogen) atoms. The molecule has 0 bridgehead atoms. The summed E-state index contributed by atoms with van der Waals surface area (Å²) in [6.07, 6.45) is 0. The van der Waals surface area contributed by atoms with Gasteiger partial charge >= 0.3 is 0 Å². The molecule has 0 aliphatic rings. The molecule has 76 valence electrons. The van der Waals surface area contributed by atoms with Gasteiger partial charge in [0.25, 0.3) is 0 Å². The third-order valence-electron chi connectivity index (χ3n) is 1.48. The number of methoxy groups -OCH3 is 1. The highest BCUT2D eigenvalue weighted by Gasteiger charge is 2.04. The van der Waals surface area contributed by atoms with Gasteiger partial charge in [-0.05, 0) is 18.2 Å². The molecule has 0 saturated carbocycles. The molecule has 0 aliphatic carbocycles. The first-order valence-corrected chi connectivity index (χ1v) is 4.25. The summed E-state index contributed by atoms with van der Waals surface area (Å²) in [4.78, 5) is 11.0. The van der Waals surface area contributed by atoms with Gasteiger partial charge in [0.15, 0.2) is 0 Å². The van der Waals surface area contributed by atoms with Crippen LogP contribution < -0.4 is 5.32 Å². The van der Waals surface area contributed by atoms with Crippen molar-refractivity contribution >= 4 is 23.2 Å². The number of carbonyl (C=O) groups excluding carboxylic acids is 1. The van der Waals surface area contributed by atoms with Gasteiger partial charge < -0.3 is 10.1 Å². The summed E-state index contributed by atoms with van der Waals surface area (Å²) in [5, 5.41) is 2.47. The number of ether oxygens (including phenoxy) is 1. The largest absolute Gasteiger partial charge is 0.375 e. The third-order valence-corrected chi connectivity index (χ3v) is 1.79. The lowest BCUT2D eigenvalue weighted by Crippen LogP contribution is -2.17. The molecule has 0 spiro atoms. The minimum absolute atomic E-state index is 0.0229. The lowest BCUT2D eigenvalue weighted by molar-refractivity contribution is -0.119. The minimum Gasteiger partial charge on any atom is -0.375 e. The molecule has 1 amide bonds. The van der Waals surface area contributed by atoms with Gasteiger partial charge in [0.05, 0.1) is 5.02 Å². The predicted octanol–water partition coefficient (Wildman–Crippen LogP) is 2.06. The van der Waals surface area contributed by atoms with Crippen molar-refractivity contribution in [3.8, 4) is 0 Å². The molecule has 1 aromatic carbocycles. The van der Waals surface area contributed by atoms with Crippen molar-refractivity contribution in [2.24, 2.45) is 0 Å². The van der Waals surface area contributed by atoms with Crippen LogP contribution in [0, 0.1) is 5.82 Å². The highest BCUT2D eigenvalue weighted by Crippen LogP contribution is 2.18. The molecular weight excluding hydrogens is 209 g/mol. The summed E-state index contributed by atoms with van der Waals surface area (Å²) in [6, 6.07) is 4.04. The molecule has 0 fully saturated rings. The molecule has 0 heterocycles. The van der Waals surface area contributed by atoms with Gasteiger partial charge in [0.2, 0.25) is 5.91 Å². The van der Waals surface area contributed by atoms with Crippen molar-refractivity contribution in [2.45, 2.75) is 0 Å². The Morgan fingerprint density at radius 2 is 2.36 bits per heavy atom. The summed E-state index contributed by atoms with van der Waals surface area (Å²) in [7, 11) is 1.40. The number of benzene rings is 1. The summed E-state index contributed by atoms with van der Waals surface area (Å²) in [5.74, 6) is -0.906. The fourth-order valence-electron chi connectivity index (χ4n) is 0.902. The van der Waals surface area contributed by atoms with E-state index in [4.69, 9.17) is 11.6 Å². The topological polar surface area (TPSA) is 38.3 Å². The predicted molar refractivity (Wildman–Crippen MR) is 51.9 cm³/mol. The van der Waals surface area contributed by atoms with Crippen molar-refractivity contribution in [1.29, 1.82) is 0 Å². The van der Waals surface area contributed by atoms with Gasteiger partial charge in [-0.1, -0.05) is 11.6 Å². The van der Waals surface area contributed by atoms with E-state index in [-0.39, 0.29) is 17.5 Å². The van der Waals surface area contributed by atoms with Gasteiger partial charge in [-0.25, -0.2) is 4.39 Å². The van der Waals surface area contributed by atoms with Crippen molar-refractivity contribution in [1.82, 2.24) is 0 Å². The van der Waals surface area contributed by atoms with E-state index >= 15 is 0 Å². The Morgan fingerprint density at radius 3 is 2.93 bits per heavy atom. The summed E-state index contributed by atoms with van der Waals surface area (Å²) < 4.78 is 17.5. The second kappa shape index (κ2) is 4.93. The van der Waals surface area contributed by atoms with Gasteiger partial charge in [-0.3, -0.25) is 4.79 Å². The van der Waals surface area contributed by atoms with E-state index in [1.807, 2.05) is 0 Å². The molecule has 1 N–H and O–H groups in total. The van der Waals surface area contributed by atoms with Gasteiger partial charge in [-0.15, -0.1) is 0 Å². The molecule has 0 unspecified atom stereocenters. The van der Waals surface area contributed by atoms with Gasteiger partial charge in [0.1, 0.15) is 12.4 Å². The SMILES string of the molecule is COCC(=O)Nc1ccc(Cl)c(F)c1. The van der Waals surface area contributed by atoms with E-state index in [2.05, 4.69) is 10.1 Å². The molecule has 0 aliphatic heterocycles. The van der Waals surface area contributed by atoms with E-state index in [0.717, 1.165) is 6.07 Å². The van der Waals surface area contributed by atoms with Crippen molar-refractivity contribution in [2.75, 3.05) is 19.0 Å². The Kier molecular flexibility index (Phi) is 3.85. The quantitative estimate of drug-likeness (QED) is 0.842. The number of carbonyl (C=O) groups is 1. The summed E-state index contributed by atoms with van der Waals surface area (Å²) >= 11 is 5.47. The molecule has 1 rings (SSSR count). The highest BCUT2D eigenvalue weighted by molar-refractivity contribution is 6.30. The fourth-order valence-corrected chi connectivity index (χ4v) is 1.02. The van der Waals surface area contributed by atoms with Crippen LogP contribution in [0.2, 0.25) is 5.02 Å². The van der Waals surface area contributed by atoms with Crippen molar-refractivity contribution in [3.63, 3.8) is 0 Å². The number of anilines is 1. The minimum atomic E-state index is -0.568. The second-order valence-electron chi connectivity index (χ2n) is 2.61. The Balaban J connectivity index is 2.68. The van der Waals surface area contributed by atoms with Crippen LogP contribution in [0.5, 0.6) is 0 Å². The van der Waals surface area contributed by atoms with Crippen LogP contribution in [0.4, 0.5) is 10.1 Å². The maximum atomic E-state index is 12.9. The first-order chi connectivity index (χ1) is 6.63. The van der Waals surface area contributed by atoms with E-state index < -0.39 is 5.82 Å². The third kappa shape index (κ3) is 2.97. The lowest BCUT2D eigenvalue weighted by Gasteiger charge is -2.04. The number of hydrogen-bond acceptors (Lipinski definition) is 2. The van der Waals surface area contributed by atoms with Crippen LogP contribution in [-0.2, 0) is 9.53 Å². The van der Waals surface area contributed by atoms with E-state index in [1.165, 1.54) is 19.2 Å². The Morgan fingerprint density at radius 1 is 1.64 bits per heavy atom. The van der Waals surface area contributed by atoms with E-state index in [9.17, 15) is 9.18 Å². The lowest BCUT2D eigenvalue weighted by atomic mass is 10.3. The van der Waals surface area contributed by atoms with Crippen molar-refractivity contribution < 1.29 is 13.9 Å². The molecule has 0 radical (unpaired) electrons. The number of rotatable bonds is 3. The van der Waals surface area contributed by atoms with Crippen LogP contribution in [0.3, 0.4) is 0 Å². The molecule has 5 heteroatoms. The first-order valence-electron chi connectivity index (χ1n) is 3.87. The first kappa shape index (κ1) is 10.9. The number of nitrogens with one attached hydrogen (secondary N) is 1. The molecule has 1 aromatic rings. The average Bonchev–Trinajstić information content (AvgIpc) is 2.12. The van der Waals surface area contributed by atoms with Crippen LogP contribution in [-0.4, -0.2) is 19.6 Å². The summed E-state index contributed by atoms with van der Waals surface area (Å²) in [6.45, 7) is -0.0652. The Hall–Kier alpha value is -1.13. The van der Waals surface area contributed by atoms with Crippen LogP contribution >= 0.6 is 11.6 Å². The van der Waals surface area contributed by atoms with E-state index in [0.29, 0.717) is 5.69 Å². The van der Waals surface area contributed by atoms with E-state index in [1.54, 1.807) is 0 Å². The zero-order valence-electron chi connectivity index (χ0n) is 7.51. The van der Waals surface area contributed by atoms with Gasteiger partial charge in [-0.2, -0.15) is 0 Å². The zero-order chi connectivity index (χ0) is 10.6. The molecular formula is C9H9ClFNO2. The maximum Gasteiger partial charge on any atom is 0.250 e. The maximum absolute atomic E-state index is 12.9. The van der Waals surface area contributed by atoms with Crippen LogP contribution in [0.25, 0.3) is 0 Å². The molecule has 3 nitrogen and oxygen atoms in total. The molecule has 0 atom stereocenters. The van der Waals surface area contributed by atoms with Gasteiger partial charge in [0, 0.05) is 12.8 Å². The van der Waals surface area contributed by atoms with Crippen LogP contribution in [0.1, 0.15) is 0 Å². The number of amides is 1. The van der Waals surface area contributed by atoms with Crippen LogP contribution in [0.15, 0.2) is 18.2 Å². The zero-order valence-corrected chi connectivity index (χ0v) is 8.27. The molecule has 0 aromatic heterocycles. The standard InChI is InChI=1S/C9H9ClFNO2/c1-14-5-9(13)12-6-2-3-7(10)8(11)4-6/h2-4H,5H2,1H3,(H,12,13). The normalized spacial score (nSPS) is 9.93.